The number of rotatable bonds is 6. The van der Waals surface area contributed by atoms with E-state index in [2.05, 4.69) is 65.8 Å². The average Bonchev–Trinajstić information content (AvgIpc) is 3.20. The Hall–Kier alpha value is -0.900. The smallest absolute Gasteiger partial charge is 0.158 e. The molecule has 1 saturated heterocycles. The highest BCUT2D eigenvalue weighted by Crippen LogP contribution is 2.66. The van der Waals surface area contributed by atoms with Crippen molar-refractivity contribution >= 4 is 0 Å². The number of aliphatic hydroxyl groups is 1. The number of allylic oxidation sites excluding steroid dienone is 4. The molecule has 0 amide bonds. The molecule has 0 radical (unpaired) electrons. The van der Waals surface area contributed by atoms with Gasteiger partial charge < -0.3 is 14.6 Å². The van der Waals surface area contributed by atoms with Crippen LogP contribution in [0, 0.1) is 40.4 Å². The molecule has 5 aliphatic rings. The summed E-state index contributed by atoms with van der Waals surface area (Å²) in [5.41, 5.74) is 3.71. The maximum absolute atomic E-state index is 10.3. The van der Waals surface area contributed by atoms with E-state index in [0.717, 1.165) is 50.5 Å². The Morgan fingerprint density at radius 2 is 1.81 bits per heavy atom. The first kappa shape index (κ1) is 26.7. The van der Waals surface area contributed by atoms with E-state index in [0.29, 0.717) is 23.2 Å². The molecule has 3 heteroatoms. The molecule has 0 aromatic heterocycles. The van der Waals surface area contributed by atoms with Crippen molar-refractivity contribution in [3.63, 3.8) is 0 Å². The quantitative estimate of drug-likeness (QED) is 0.379. The average molecular weight is 497 g/mol. The molecule has 1 N–H and O–H groups in total. The van der Waals surface area contributed by atoms with Gasteiger partial charge in [0, 0.05) is 12.5 Å². The second-order valence-electron chi connectivity index (χ2n) is 14.1. The monoisotopic (exact) mass is 496 g/mol. The normalized spacial score (nSPS) is 42.7. The molecule has 0 spiro atoms. The number of ether oxygens (including phenoxy) is 2. The summed E-state index contributed by atoms with van der Waals surface area (Å²) in [6, 6.07) is 0. The van der Waals surface area contributed by atoms with Crippen LogP contribution in [0.3, 0.4) is 0 Å². The van der Waals surface area contributed by atoms with Crippen LogP contribution in [0.25, 0.3) is 0 Å². The highest BCUT2D eigenvalue weighted by Gasteiger charge is 2.56. The molecule has 202 valence electrons. The van der Waals surface area contributed by atoms with E-state index in [1.807, 2.05) is 0 Å². The first-order valence-electron chi connectivity index (χ1n) is 15.1. The van der Waals surface area contributed by atoms with Gasteiger partial charge in [0.15, 0.2) is 6.29 Å². The Labute approximate surface area is 220 Å². The molecule has 0 aromatic carbocycles. The van der Waals surface area contributed by atoms with Crippen LogP contribution in [-0.4, -0.2) is 29.7 Å². The number of aliphatic hydroxyl groups excluding tert-OH is 1. The number of hydrogen-bond acceptors (Lipinski definition) is 3. The molecule has 36 heavy (non-hydrogen) atoms. The van der Waals surface area contributed by atoms with Crippen LogP contribution >= 0.6 is 0 Å². The van der Waals surface area contributed by atoms with Crippen molar-refractivity contribution in [3.8, 4) is 0 Å². The largest absolute Gasteiger partial charge is 0.393 e. The first-order chi connectivity index (χ1) is 17.0. The van der Waals surface area contributed by atoms with Crippen LogP contribution < -0.4 is 0 Å². The standard InChI is InChI=1S/C33H52O3/c1-22(10-11-23(2)31(3,4)36-30-9-7-8-20-35-30)27-14-15-28-26-13-12-24-21-25(34)16-18-32(24,5)29(26)17-19-33(27,28)6/h10-13,22-23,25,27-30,34H,7-9,14-21H2,1-6H3/b11-10+/t22-,23+,25+,27-,28+,29+,30?,32+,33-/m1/s1. The van der Waals surface area contributed by atoms with E-state index >= 15 is 0 Å². The van der Waals surface area contributed by atoms with Gasteiger partial charge in [0.05, 0.1) is 11.7 Å². The van der Waals surface area contributed by atoms with Crippen molar-refractivity contribution in [2.45, 2.75) is 124 Å². The van der Waals surface area contributed by atoms with Gasteiger partial charge >= 0.3 is 0 Å². The van der Waals surface area contributed by atoms with Gasteiger partial charge in [0.2, 0.25) is 0 Å². The number of hydrogen-bond donors (Lipinski definition) is 1. The third-order valence-electron chi connectivity index (χ3n) is 11.6. The lowest BCUT2D eigenvalue weighted by Gasteiger charge is -2.55. The van der Waals surface area contributed by atoms with Gasteiger partial charge in [0.25, 0.3) is 0 Å². The van der Waals surface area contributed by atoms with Crippen molar-refractivity contribution < 1.29 is 14.6 Å². The summed E-state index contributed by atoms with van der Waals surface area (Å²) in [6.45, 7) is 15.2. The molecule has 5 rings (SSSR count). The van der Waals surface area contributed by atoms with E-state index < -0.39 is 0 Å². The van der Waals surface area contributed by atoms with Gasteiger partial charge in [0.1, 0.15) is 0 Å². The van der Waals surface area contributed by atoms with Crippen LogP contribution in [0.1, 0.15) is 106 Å². The van der Waals surface area contributed by atoms with Crippen molar-refractivity contribution in [3.05, 3.63) is 35.5 Å². The summed E-state index contributed by atoms with van der Waals surface area (Å²) in [5.74, 6) is 3.07. The van der Waals surface area contributed by atoms with E-state index in [-0.39, 0.29) is 23.4 Å². The molecule has 1 unspecified atom stereocenters. The van der Waals surface area contributed by atoms with Crippen LogP contribution in [-0.2, 0) is 9.47 Å². The predicted octanol–water partition coefficient (Wildman–Crippen LogP) is 8.00. The Bertz CT molecular complexity index is 893. The third kappa shape index (κ3) is 4.71. The minimum absolute atomic E-state index is 0.0423. The zero-order chi connectivity index (χ0) is 25.7. The third-order valence-corrected chi connectivity index (χ3v) is 11.6. The van der Waals surface area contributed by atoms with Gasteiger partial charge in [-0.1, -0.05) is 63.1 Å². The molecule has 4 fully saturated rings. The SMILES string of the molecule is C[C@H](/C=C/[C@H](C)C(C)(C)OC1CCCCO1)[C@H]1CC[C@H]2C3=CC=C4C[C@@H](O)CC[C@]4(C)[C@H]3CC[C@]12C. The Morgan fingerprint density at radius 1 is 1.00 bits per heavy atom. The lowest BCUT2D eigenvalue weighted by molar-refractivity contribution is -0.223. The highest BCUT2D eigenvalue weighted by molar-refractivity contribution is 5.39. The lowest BCUT2D eigenvalue weighted by atomic mass is 9.50. The minimum Gasteiger partial charge on any atom is -0.393 e. The molecule has 9 atom stereocenters. The molecular weight excluding hydrogens is 444 g/mol. The molecule has 1 heterocycles. The fraction of sp³-hybridized carbons (Fsp3) is 0.818. The summed E-state index contributed by atoms with van der Waals surface area (Å²) < 4.78 is 12.3. The predicted molar refractivity (Wildman–Crippen MR) is 147 cm³/mol. The van der Waals surface area contributed by atoms with E-state index in [1.165, 1.54) is 37.7 Å². The van der Waals surface area contributed by atoms with Crippen molar-refractivity contribution in [1.29, 1.82) is 0 Å². The summed E-state index contributed by atoms with van der Waals surface area (Å²) in [5, 5.41) is 10.3. The fourth-order valence-corrected chi connectivity index (χ4v) is 8.85. The van der Waals surface area contributed by atoms with Gasteiger partial charge in [-0.25, -0.2) is 0 Å². The second kappa shape index (κ2) is 10.0. The maximum atomic E-state index is 10.3. The second-order valence-corrected chi connectivity index (χ2v) is 14.1. The molecular formula is C33H52O3. The molecule has 0 bridgehead atoms. The van der Waals surface area contributed by atoms with Crippen LogP contribution in [0.5, 0.6) is 0 Å². The lowest BCUT2D eigenvalue weighted by Crippen LogP contribution is -2.46. The van der Waals surface area contributed by atoms with Crippen LogP contribution in [0.15, 0.2) is 35.5 Å². The molecule has 3 nitrogen and oxygen atoms in total. The Balaban J connectivity index is 1.27. The first-order valence-corrected chi connectivity index (χ1v) is 15.1. The topological polar surface area (TPSA) is 38.7 Å². The van der Waals surface area contributed by atoms with E-state index in [9.17, 15) is 5.11 Å². The van der Waals surface area contributed by atoms with Crippen LogP contribution in [0.4, 0.5) is 0 Å². The van der Waals surface area contributed by atoms with E-state index in [4.69, 9.17) is 9.47 Å². The molecule has 3 saturated carbocycles. The Morgan fingerprint density at radius 3 is 2.56 bits per heavy atom. The fourth-order valence-electron chi connectivity index (χ4n) is 8.85. The molecule has 0 aromatic rings. The highest BCUT2D eigenvalue weighted by atomic mass is 16.7. The summed E-state index contributed by atoms with van der Waals surface area (Å²) >= 11 is 0. The summed E-state index contributed by atoms with van der Waals surface area (Å²) in [6.07, 6.45) is 21.4. The van der Waals surface area contributed by atoms with Crippen LogP contribution in [0.2, 0.25) is 0 Å². The van der Waals surface area contributed by atoms with Crippen molar-refractivity contribution in [1.82, 2.24) is 0 Å². The maximum Gasteiger partial charge on any atom is 0.158 e. The summed E-state index contributed by atoms with van der Waals surface area (Å²) in [7, 11) is 0. The zero-order valence-electron chi connectivity index (χ0n) is 23.9. The van der Waals surface area contributed by atoms with Crippen molar-refractivity contribution in [2.75, 3.05) is 6.61 Å². The van der Waals surface area contributed by atoms with Gasteiger partial charge in [-0.15, -0.1) is 0 Å². The minimum atomic E-state index is -0.224. The zero-order valence-corrected chi connectivity index (χ0v) is 23.9. The van der Waals surface area contributed by atoms with Gasteiger partial charge in [-0.3, -0.25) is 0 Å². The van der Waals surface area contributed by atoms with Crippen molar-refractivity contribution in [2.24, 2.45) is 40.4 Å². The molecule has 4 aliphatic carbocycles. The Kier molecular flexibility index (Phi) is 7.42. The van der Waals surface area contributed by atoms with Gasteiger partial charge in [-0.05, 0) is 113 Å². The van der Waals surface area contributed by atoms with Gasteiger partial charge in [-0.2, -0.15) is 0 Å². The molecule has 1 aliphatic heterocycles. The number of fused-ring (bicyclic) bond motifs is 5. The summed E-state index contributed by atoms with van der Waals surface area (Å²) in [4.78, 5) is 0. The van der Waals surface area contributed by atoms with E-state index in [1.54, 1.807) is 5.57 Å².